The highest BCUT2D eigenvalue weighted by Gasteiger charge is 2.45. The Morgan fingerprint density at radius 2 is 2.03 bits per heavy atom. The SMILES string of the molecule is Cc1nocc1C(=O)NC(c1nc2c(F)c(C3CCOCC3)ccc2[nH]1)C1CCC2CC2C1. The molecule has 1 amide bonds. The molecule has 4 atom stereocenters. The van der Waals surface area contributed by atoms with Crippen LogP contribution in [0.5, 0.6) is 0 Å². The van der Waals surface area contributed by atoms with Gasteiger partial charge < -0.3 is 19.6 Å². The van der Waals surface area contributed by atoms with Gasteiger partial charge in [0.1, 0.15) is 23.2 Å². The Bertz CT molecular complexity index is 1180. The first-order chi connectivity index (χ1) is 16.1. The number of carbonyl (C=O) groups is 1. The van der Waals surface area contributed by atoms with Crippen molar-refractivity contribution in [3.63, 3.8) is 0 Å². The van der Waals surface area contributed by atoms with Crippen LogP contribution >= 0.6 is 0 Å². The fourth-order valence-corrected chi connectivity index (χ4v) is 5.88. The molecule has 2 aliphatic carbocycles. The van der Waals surface area contributed by atoms with E-state index in [2.05, 4.69) is 15.5 Å². The van der Waals surface area contributed by atoms with Gasteiger partial charge in [-0.1, -0.05) is 11.2 Å². The Balaban J connectivity index is 1.34. The summed E-state index contributed by atoms with van der Waals surface area (Å²) in [6, 6.07) is 3.48. The second kappa shape index (κ2) is 8.24. The molecule has 0 radical (unpaired) electrons. The van der Waals surface area contributed by atoms with E-state index in [0.29, 0.717) is 46.9 Å². The predicted octanol–water partition coefficient (Wildman–Crippen LogP) is 4.80. The van der Waals surface area contributed by atoms with Crippen molar-refractivity contribution in [3.8, 4) is 0 Å². The van der Waals surface area contributed by atoms with Crippen molar-refractivity contribution < 1.29 is 18.4 Å². The van der Waals surface area contributed by atoms with E-state index in [1.165, 1.54) is 19.1 Å². The molecule has 1 aliphatic heterocycles. The number of hydrogen-bond acceptors (Lipinski definition) is 5. The summed E-state index contributed by atoms with van der Waals surface area (Å²) >= 11 is 0. The molecule has 8 heteroatoms. The molecule has 3 aliphatic rings. The van der Waals surface area contributed by atoms with Crippen LogP contribution in [0.3, 0.4) is 0 Å². The Morgan fingerprint density at radius 3 is 2.79 bits per heavy atom. The fourth-order valence-electron chi connectivity index (χ4n) is 5.88. The number of rotatable bonds is 5. The summed E-state index contributed by atoms with van der Waals surface area (Å²) in [4.78, 5) is 21.1. The van der Waals surface area contributed by atoms with Crippen molar-refractivity contribution in [2.75, 3.05) is 13.2 Å². The van der Waals surface area contributed by atoms with Gasteiger partial charge in [0.25, 0.3) is 5.91 Å². The summed E-state index contributed by atoms with van der Waals surface area (Å²) < 4.78 is 26.0. The summed E-state index contributed by atoms with van der Waals surface area (Å²) in [6.45, 7) is 3.07. The number of hydrogen-bond donors (Lipinski definition) is 2. The van der Waals surface area contributed by atoms with Crippen LogP contribution < -0.4 is 5.32 Å². The van der Waals surface area contributed by atoms with Crippen molar-refractivity contribution in [3.05, 3.63) is 46.9 Å². The number of ether oxygens (including phenoxy) is 1. The van der Waals surface area contributed by atoms with Crippen LogP contribution in [0.4, 0.5) is 4.39 Å². The molecule has 3 aromatic rings. The average molecular weight is 453 g/mol. The van der Waals surface area contributed by atoms with Crippen LogP contribution in [0.25, 0.3) is 11.0 Å². The average Bonchev–Trinajstić information content (AvgIpc) is 3.25. The molecule has 6 rings (SSSR count). The van der Waals surface area contributed by atoms with Gasteiger partial charge in [0.05, 0.1) is 17.3 Å². The van der Waals surface area contributed by atoms with Gasteiger partial charge in [0.2, 0.25) is 0 Å². The molecule has 3 fully saturated rings. The van der Waals surface area contributed by atoms with E-state index in [0.717, 1.165) is 37.5 Å². The van der Waals surface area contributed by atoms with Gasteiger partial charge >= 0.3 is 0 Å². The number of nitrogens with one attached hydrogen (secondary N) is 2. The lowest BCUT2D eigenvalue weighted by atomic mass is 9.83. The quantitative estimate of drug-likeness (QED) is 0.580. The van der Waals surface area contributed by atoms with Crippen molar-refractivity contribution in [1.29, 1.82) is 0 Å². The van der Waals surface area contributed by atoms with Crippen LogP contribution in [-0.2, 0) is 4.74 Å². The minimum absolute atomic E-state index is 0.153. The maximum absolute atomic E-state index is 15.5. The Hall–Kier alpha value is -2.74. The van der Waals surface area contributed by atoms with Gasteiger partial charge in [0, 0.05) is 13.2 Å². The number of nitrogens with zero attached hydrogens (tertiary/aromatic N) is 2. The standard InChI is InChI=1S/C25H29FN4O3/c1-13-19(12-33-30-13)25(31)29-22(16-3-2-15-10-17(15)11-16)24-27-20-5-4-18(21(26)23(20)28-24)14-6-8-32-9-7-14/h4-5,12,14-17,22H,2-3,6-11H2,1H3,(H,27,28)(H,29,31). The molecular weight excluding hydrogens is 423 g/mol. The highest BCUT2D eigenvalue weighted by Crippen LogP contribution is 2.53. The molecule has 2 aromatic heterocycles. The van der Waals surface area contributed by atoms with Gasteiger partial charge in [-0.25, -0.2) is 9.37 Å². The lowest BCUT2D eigenvalue weighted by Crippen LogP contribution is -2.35. The van der Waals surface area contributed by atoms with Crippen LogP contribution in [0, 0.1) is 30.5 Å². The highest BCUT2D eigenvalue weighted by atomic mass is 19.1. The molecule has 4 unspecified atom stereocenters. The lowest BCUT2D eigenvalue weighted by Gasteiger charge is -2.29. The number of imidazole rings is 1. The summed E-state index contributed by atoms with van der Waals surface area (Å²) in [5.41, 5.74) is 2.70. The van der Waals surface area contributed by atoms with Crippen molar-refractivity contribution >= 4 is 16.9 Å². The molecule has 0 bridgehead atoms. The van der Waals surface area contributed by atoms with E-state index in [1.807, 2.05) is 12.1 Å². The second-order valence-corrected chi connectivity index (χ2v) is 9.97. The molecule has 33 heavy (non-hydrogen) atoms. The number of carbonyl (C=O) groups excluding carboxylic acids is 1. The van der Waals surface area contributed by atoms with E-state index >= 15 is 4.39 Å². The molecule has 1 saturated heterocycles. The Labute approximate surface area is 191 Å². The number of benzene rings is 1. The number of fused-ring (bicyclic) bond motifs is 2. The molecular formula is C25H29FN4O3. The van der Waals surface area contributed by atoms with Crippen LogP contribution in [0.1, 0.15) is 77.9 Å². The van der Waals surface area contributed by atoms with E-state index < -0.39 is 0 Å². The molecule has 7 nitrogen and oxygen atoms in total. The topological polar surface area (TPSA) is 93.0 Å². The summed E-state index contributed by atoms with van der Waals surface area (Å²) in [6.07, 6.45) is 7.56. The predicted molar refractivity (Wildman–Crippen MR) is 119 cm³/mol. The maximum atomic E-state index is 15.5. The number of H-pyrrole nitrogens is 1. The molecule has 2 saturated carbocycles. The van der Waals surface area contributed by atoms with E-state index in [-0.39, 0.29) is 29.6 Å². The largest absolute Gasteiger partial charge is 0.381 e. The number of amides is 1. The first-order valence-corrected chi connectivity index (χ1v) is 12.1. The van der Waals surface area contributed by atoms with Crippen molar-refractivity contribution in [2.45, 2.75) is 57.4 Å². The minimum Gasteiger partial charge on any atom is -0.381 e. The normalized spacial score (nSPS) is 26.2. The van der Waals surface area contributed by atoms with Gasteiger partial charge in [-0.3, -0.25) is 4.79 Å². The molecule has 3 heterocycles. The number of aryl methyl sites for hydroxylation is 1. The van der Waals surface area contributed by atoms with Crippen LogP contribution in [-0.4, -0.2) is 34.2 Å². The van der Waals surface area contributed by atoms with Gasteiger partial charge in [-0.05, 0) is 80.8 Å². The maximum Gasteiger partial charge on any atom is 0.257 e. The third kappa shape index (κ3) is 3.84. The highest BCUT2D eigenvalue weighted by molar-refractivity contribution is 5.95. The van der Waals surface area contributed by atoms with E-state index in [9.17, 15) is 4.79 Å². The second-order valence-electron chi connectivity index (χ2n) is 9.97. The van der Waals surface area contributed by atoms with Crippen molar-refractivity contribution in [2.24, 2.45) is 17.8 Å². The smallest absolute Gasteiger partial charge is 0.257 e. The van der Waals surface area contributed by atoms with Gasteiger partial charge in [-0.15, -0.1) is 0 Å². The molecule has 2 N–H and O–H groups in total. The van der Waals surface area contributed by atoms with Crippen molar-refractivity contribution in [1.82, 2.24) is 20.4 Å². The monoisotopic (exact) mass is 452 g/mol. The third-order valence-electron chi connectivity index (χ3n) is 7.93. The Kier molecular flexibility index (Phi) is 5.20. The summed E-state index contributed by atoms with van der Waals surface area (Å²) in [7, 11) is 0. The van der Waals surface area contributed by atoms with E-state index in [1.54, 1.807) is 6.92 Å². The summed E-state index contributed by atoms with van der Waals surface area (Å²) in [5, 5.41) is 7.00. The van der Waals surface area contributed by atoms with Gasteiger partial charge in [-0.2, -0.15) is 0 Å². The first-order valence-electron chi connectivity index (χ1n) is 12.1. The number of aromatic amines is 1. The van der Waals surface area contributed by atoms with Gasteiger partial charge in [0.15, 0.2) is 5.82 Å². The zero-order valence-electron chi connectivity index (χ0n) is 18.8. The lowest BCUT2D eigenvalue weighted by molar-refractivity contribution is 0.0846. The Morgan fingerprint density at radius 1 is 1.18 bits per heavy atom. The third-order valence-corrected chi connectivity index (χ3v) is 7.93. The fraction of sp³-hybridized carbons (Fsp3) is 0.560. The molecule has 0 spiro atoms. The zero-order chi connectivity index (χ0) is 22.5. The minimum atomic E-state index is -0.313. The van der Waals surface area contributed by atoms with Crippen LogP contribution in [0.15, 0.2) is 22.9 Å². The molecule has 174 valence electrons. The van der Waals surface area contributed by atoms with E-state index in [4.69, 9.17) is 14.2 Å². The molecule has 1 aromatic carbocycles. The van der Waals surface area contributed by atoms with Crippen LogP contribution in [0.2, 0.25) is 0 Å². The summed E-state index contributed by atoms with van der Waals surface area (Å²) in [5.74, 6) is 2.12. The zero-order valence-corrected chi connectivity index (χ0v) is 18.8. The number of aromatic nitrogens is 3. The first kappa shape index (κ1) is 20.8. The number of halogens is 1.